The van der Waals surface area contributed by atoms with Gasteiger partial charge in [-0.1, -0.05) is 60.7 Å². The van der Waals surface area contributed by atoms with Gasteiger partial charge in [-0.2, -0.15) is 0 Å². The Labute approximate surface area is 339 Å². The van der Waals surface area contributed by atoms with E-state index in [1.807, 2.05) is 60.7 Å². The number of rotatable bonds is 18. The van der Waals surface area contributed by atoms with E-state index in [0.29, 0.717) is 64.5 Å². The Hall–Kier alpha value is -4.05. The summed E-state index contributed by atoms with van der Waals surface area (Å²) in [4.78, 5) is 75.0. The second kappa shape index (κ2) is 24.5. The maximum absolute atomic E-state index is 12.7. The van der Waals surface area contributed by atoms with Crippen LogP contribution in [0.1, 0.15) is 77.3 Å². The van der Waals surface area contributed by atoms with Gasteiger partial charge in [0.1, 0.15) is 12.1 Å². The predicted octanol–water partition coefficient (Wildman–Crippen LogP) is 0.159. The standard InChI is InChI=1S/2C20H28N2O5.Mg/c2*1-3-27-20(26)16(12-11-15-8-5-4-6-9-15)21-14(2)18(23)22-13-7-10-17(22)19(24)25;/h2*4-6,8-9,14,16-17,21H,3,7,10-13H2,1-2H3,(H,24,25);/q;;+2/p-2/t2*14-,16-,17-;/m00./s1. The fourth-order valence-electron chi connectivity index (χ4n) is 6.73. The second-order valence-corrected chi connectivity index (χ2v) is 13.5. The van der Waals surface area contributed by atoms with Crippen LogP contribution in [-0.4, -0.2) is 131 Å². The van der Waals surface area contributed by atoms with Crippen LogP contribution in [0.5, 0.6) is 0 Å². The van der Waals surface area contributed by atoms with Gasteiger partial charge >= 0.3 is 35.0 Å². The number of carbonyl (C=O) groups is 6. The molecule has 0 spiro atoms. The number of benzene rings is 2. The van der Waals surface area contributed by atoms with Crippen molar-refractivity contribution in [3.05, 3.63) is 71.8 Å². The molecule has 2 heterocycles. The molecule has 2 aliphatic heterocycles. The van der Waals surface area contributed by atoms with Crippen LogP contribution in [0.3, 0.4) is 0 Å². The number of hydrogen-bond donors (Lipinski definition) is 2. The van der Waals surface area contributed by atoms with Crippen molar-refractivity contribution in [2.24, 2.45) is 0 Å². The summed E-state index contributed by atoms with van der Waals surface area (Å²) < 4.78 is 10.3. The minimum Gasteiger partial charge on any atom is -0.548 e. The number of aryl methyl sites for hydroxylation is 2. The van der Waals surface area contributed by atoms with Crippen LogP contribution in [0.2, 0.25) is 0 Å². The summed E-state index contributed by atoms with van der Waals surface area (Å²) in [5.41, 5.74) is 2.17. The summed E-state index contributed by atoms with van der Waals surface area (Å²) in [5, 5.41) is 28.5. The number of carbonyl (C=O) groups excluding carboxylic acids is 6. The van der Waals surface area contributed by atoms with Crippen molar-refractivity contribution in [1.29, 1.82) is 0 Å². The fraction of sp³-hybridized carbons (Fsp3) is 0.550. The van der Waals surface area contributed by atoms with Crippen LogP contribution < -0.4 is 20.8 Å². The molecule has 6 atom stereocenters. The first-order valence-electron chi connectivity index (χ1n) is 18.8. The molecule has 2 saturated heterocycles. The van der Waals surface area contributed by atoms with E-state index in [4.69, 9.17) is 9.47 Å². The molecule has 2 aliphatic rings. The molecule has 0 aliphatic carbocycles. The molecule has 0 radical (unpaired) electrons. The molecule has 2 aromatic rings. The number of amides is 2. The molecule has 2 N–H and O–H groups in total. The Morgan fingerprint density at radius 2 is 1.00 bits per heavy atom. The summed E-state index contributed by atoms with van der Waals surface area (Å²) in [6, 6.07) is 15.0. The first-order valence-corrected chi connectivity index (χ1v) is 18.8. The average molecular weight is 775 g/mol. The van der Waals surface area contributed by atoms with E-state index < -0.39 is 60.1 Å². The summed E-state index contributed by atoms with van der Waals surface area (Å²) in [7, 11) is 0. The summed E-state index contributed by atoms with van der Waals surface area (Å²) in [5.74, 6) is -3.97. The monoisotopic (exact) mass is 774 g/mol. The molecule has 0 bridgehead atoms. The first kappa shape index (κ1) is 47.1. The van der Waals surface area contributed by atoms with Crippen molar-refractivity contribution in [2.75, 3.05) is 26.3 Å². The third-order valence-electron chi connectivity index (χ3n) is 9.53. The van der Waals surface area contributed by atoms with Crippen molar-refractivity contribution in [3.63, 3.8) is 0 Å². The van der Waals surface area contributed by atoms with E-state index in [-0.39, 0.29) is 48.1 Å². The molecule has 2 fully saturated rings. The number of aliphatic carboxylic acids is 2. The Morgan fingerprint density at radius 1 is 0.655 bits per heavy atom. The maximum atomic E-state index is 12.7. The van der Waals surface area contributed by atoms with Gasteiger partial charge in [-0.3, -0.25) is 29.8 Å². The maximum Gasteiger partial charge on any atom is 2.00 e. The number of carboxylic acid groups (broad SMARTS) is 2. The van der Waals surface area contributed by atoms with Crippen molar-refractivity contribution in [2.45, 2.75) is 115 Å². The van der Waals surface area contributed by atoms with E-state index in [1.54, 1.807) is 27.7 Å². The number of carboxylic acids is 2. The van der Waals surface area contributed by atoms with Crippen molar-refractivity contribution < 1.29 is 48.5 Å². The molecule has 0 unspecified atom stereocenters. The number of esters is 2. The number of ether oxygens (including phenoxy) is 2. The second-order valence-electron chi connectivity index (χ2n) is 13.5. The van der Waals surface area contributed by atoms with E-state index in [1.165, 1.54) is 9.80 Å². The third kappa shape index (κ3) is 14.8. The third-order valence-corrected chi connectivity index (χ3v) is 9.53. The number of hydrogen-bond acceptors (Lipinski definition) is 12. The summed E-state index contributed by atoms with van der Waals surface area (Å²) >= 11 is 0. The minimum absolute atomic E-state index is 0. The molecule has 296 valence electrons. The van der Waals surface area contributed by atoms with E-state index in [0.717, 1.165) is 11.1 Å². The summed E-state index contributed by atoms with van der Waals surface area (Å²) in [6.07, 6.45) is 4.33. The molecular weight excluding hydrogens is 721 g/mol. The van der Waals surface area contributed by atoms with Crippen molar-refractivity contribution in [3.8, 4) is 0 Å². The normalized spacial score (nSPS) is 18.4. The van der Waals surface area contributed by atoms with Gasteiger partial charge in [-0.05, 0) is 90.2 Å². The zero-order chi connectivity index (χ0) is 39.6. The Bertz CT molecular complexity index is 1420. The first-order chi connectivity index (χ1) is 25.9. The number of nitrogens with one attached hydrogen (secondary N) is 2. The van der Waals surface area contributed by atoms with E-state index in [2.05, 4.69) is 10.6 Å². The van der Waals surface area contributed by atoms with Crippen LogP contribution in [0.4, 0.5) is 0 Å². The zero-order valence-corrected chi connectivity index (χ0v) is 33.8. The van der Waals surface area contributed by atoms with Crippen LogP contribution in [0.15, 0.2) is 60.7 Å². The van der Waals surface area contributed by atoms with Gasteiger partial charge in [-0.15, -0.1) is 0 Å². The van der Waals surface area contributed by atoms with Crippen LogP contribution >= 0.6 is 0 Å². The van der Waals surface area contributed by atoms with Crippen LogP contribution in [0, 0.1) is 0 Å². The van der Waals surface area contributed by atoms with Gasteiger partial charge in [0, 0.05) is 13.1 Å². The largest absolute Gasteiger partial charge is 2.00 e. The Kier molecular flexibility index (Phi) is 20.9. The molecule has 4 rings (SSSR count). The predicted molar refractivity (Wildman–Crippen MR) is 201 cm³/mol. The van der Waals surface area contributed by atoms with Gasteiger partial charge in [0.2, 0.25) is 11.8 Å². The number of likely N-dealkylation sites (tertiary alicyclic amines) is 2. The molecular formula is C40H54MgN4O10. The topological polar surface area (TPSA) is 198 Å². The van der Waals surface area contributed by atoms with E-state index >= 15 is 0 Å². The van der Waals surface area contributed by atoms with Crippen LogP contribution in [0.25, 0.3) is 0 Å². The average Bonchev–Trinajstić information content (AvgIpc) is 3.87. The Morgan fingerprint density at radius 3 is 1.31 bits per heavy atom. The molecule has 0 saturated carbocycles. The van der Waals surface area contributed by atoms with Crippen molar-refractivity contribution >= 4 is 58.7 Å². The van der Waals surface area contributed by atoms with Gasteiger partial charge < -0.3 is 39.1 Å². The molecule has 15 heteroatoms. The van der Waals surface area contributed by atoms with Gasteiger partial charge in [-0.25, -0.2) is 0 Å². The zero-order valence-electron chi connectivity index (χ0n) is 32.4. The summed E-state index contributed by atoms with van der Waals surface area (Å²) in [6.45, 7) is 8.02. The molecule has 0 aromatic heterocycles. The minimum atomic E-state index is -1.24. The molecule has 2 aromatic carbocycles. The SMILES string of the molecule is CCOC(=O)[C@H](CCc1ccccc1)N[C@@H](C)C(=O)N1CCC[C@H]1C(=O)[O-].CCOC(=O)[C@H](CCc1ccccc1)N[C@@H](C)C(=O)N1CCC[C@H]1C(=O)[O-].[Mg+2]. The molecule has 55 heavy (non-hydrogen) atoms. The molecule has 2 amide bonds. The van der Waals surface area contributed by atoms with Crippen LogP contribution in [-0.2, 0) is 51.1 Å². The van der Waals surface area contributed by atoms with Gasteiger partial charge in [0.05, 0.1) is 49.3 Å². The number of nitrogens with zero attached hydrogens (tertiary/aromatic N) is 2. The quantitative estimate of drug-likeness (QED) is 0.154. The Balaban J connectivity index is 0.000000373. The van der Waals surface area contributed by atoms with E-state index in [9.17, 15) is 39.0 Å². The fourth-order valence-corrected chi connectivity index (χ4v) is 6.73. The molecule has 14 nitrogen and oxygen atoms in total. The van der Waals surface area contributed by atoms with Gasteiger partial charge in [0.15, 0.2) is 0 Å². The van der Waals surface area contributed by atoms with Crippen molar-refractivity contribution in [1.82, 2.24) is 20.4 Å². The van der Waals surface area contributed by atoms with Gasteiger partial charge in [0.25, 0.3) is 0 Å². The smallest absolute Gasteiger partial charge is 0.548 e.